The average Bonchev–Trinajstić information content (AvgIpc) is 3.30. The highest BCUT2D eigenvalue weighted by atomic mass is 16.5. The largest absolute Gasteiger partial charge is 0.480 e. The van der Waals surface area contributed by atoms with E-state index >= 15 is 0 Å². The number of carboxylic acids is 1. The fourth-order valence-corrected chi connectivity index (χ4v) is 5.37. The van der Waals surface area contributed by atoms with Gasteiger partial charge in [-0.15, -0.1) is 0 Å². The molecule has 1 aliphatic carbocycles. The molecule has 4 rings (SSSR count). The highest BCUT2D eigenvalue weighted by Crippen LogP contribution is 2.44. The first-order valence-electron chi connectivity index (χ1n) is 12.1. The Morgan fingerprint density at radius 1 is 1.06 bits per heavy atom. The summed E-state index contributed by atoms with van der Waals surface area (Å²) in [7, 11) is 0. The van der Waals surface area contributed by atoms with Crippen molar-refractivity contribution >= 4 is 18.0 Å². The van der Waals surface area contributed by atoms with Crippen molar-refractivity contribution in [3.63, 3.8) is 0 Å². The monoisotopic (exact) mass is 478 g/mol. The molecule has 0 spiro atoms. The number of likely N-dealkylation sites (tertiary alicyclic amines) is 1. The molecule has 1 fully saturated rings. The van der Waals surface area contributed by atoms with Crippen LogP contribution in [0.25, 0.3) is 11.1 Å². The number of carboxylic acid groups (broad SMARTS) is 1. The maximum Gasteiger partial charge on any atom is 0.407 e. The lowest BCUT2D eigenvalue weighted by Gasteiger charge is -2.32. The Bertz CT molecular complexity index is 1090. The van der Waals surface area contributed by atoms with Crippen molar-refractivity contribution < 1.29 is 24.2 Å². The van der Waals surface area contributed by atoms with Crippen molar-refractivity contribution in [3.8, 4) is 11.1 Å². The molecule has 2 amide bonds. The number of carbonyl (C=O) groups is 3. The summed E-state index contributed by atoms with van der Waals surface area (Å²) >= 11 is 0. The predicted octanol–water partition coefficient (Wildman–Crippen LogP) is 4.65. The van der Waals surface area contributed by atoms with Gasteiger partial charge in [0.15, 0.2) is 0 Å². The van der Waals surface area contributed by atoms with E-state index in [9.17, 15) is 19.5 Å². The first kappa shape index (κ1) is 24.8. The Morgan fingerprint density at radius 2 is 1.63 bits per heavy atom. The number of ether oxygens (including phenoxy) is 1. The van der Waals surface area contributed by atoms with Crippen molar-refractivity contribution in [2.75, 3.05) is 19.7 Å². The third-order valence-corrected chi connectivity index (χ3v) is 7.29. The molecule has 1 unspecified atom stereocenters. The van der Waals surface area contributed by atoms with Gasteiger partial charge in [0, 0.05) is 25.4 Å². The van der Waals surface area contributed by atoms with Gasteiger partial charge in [-0.1, -0.05) is 76.2 Å². The second kappa shape index (κ2) is 9.36. The predicted molar refractivity (Wildman–Crippen MR) is 133 cm³/mol. The molecular formula is C28H34N2O5. The molecule has 2 aromatic rings. The van der Waals surface area contributed by atoms with Crippen LogP contribution in [0, 0.1) is 10.8 Å². The number of nitrogens with one attached hydrogen (secondary N) is 1. The molecule has 1 atom stereocenters. The molecule has 0 saturated carbocycles. The number of hydrogen-bond acceptors (Lipinski definition) is 4. The highest BCUT2D eigenvalue weighted by Gasteiger charge is 2.47. The normalized spacial score (nSPS) is 18.6. The van der Waals surface area contributed by atoms with E-state index in [4.69, 9.17) is 4.74 Å². The standard InChI is InChI=1S/C28H34N2O5/c1-27(2,15-23(31)30-14-13-28(3,4)24(30)25(32)33)17-29-26(34)35-16-22-20-11-7-5-9-18(20)19-10-6-8-12-21(19)22/h5-12,22,24H,13-17H2,1-4H3,(H,29,34)(H,32,33). The lowest BCUT2D eigenvalue weighted by Crippen LogP contribution is -2.48. The minimum absolute atomic E-state index is 0.0192. The molecular weight excluding hydrogens is 444 g/mol. The number of amides is 2. The number of alkyl carbamates (subject to hydrolysis) is 1. The van der Waals surface area contributed by atoms with Crippen molar-refractivity contribution in [1.82, 2.24) is 10.2 Å². The van der Waals surface area contributed by atoms with Gasteiger partial charge in [0.25, 0.3) is 0 Å². The zero-order valence-electron chi connectivity index (χ0n) is 20.8. The van der Waals surface area contributed by atoms with E-state index < -0.39 is 28.9 Å². The Balaban J connectivity index is 1.32. The van der Waals surface area contributed by atoms with E-state index in [1.54, 1.807) is 0 Å². The fraction of sp³-hybridized carbons (Fsp3) is 0.464. The minimum atomic E-state index is -0.976. The van der Waals surface area contributed by atoms with Gasteiger partial charge in [0.1, 0.15) is 12.6 Å². The Labute approximate surface area is 206 Å². The lowest BCUT2D eigenvalue weighted by molar-refractivity contribution is -0.152. The number of aliphatic carboxylic acids is 1. The SMILES string of the molecule is CC(C)(CNC(=O)OCC1c2ccccc2-c2ccccc21)CC(=O)N1CCC(C)(C)C1C(=O)O. The van der Waals surface area contributed by atoms with Crippen LogP contribution in [0.1, 0.15) is 57.6 Å². The zero-order chi connectivity index (χ0) is 25.4. The summed E-state index contributed by atoms with van der Waals surface area (Å²) in [4.78, 5) is 38.7. The van der Waals surface area contributed by atoms with Gasteiger partial charge in [-0.3, -0.25) is 4.79 Å². The molecule has 0 radical (unpaired) electrons. The van der Waals surface area contributed by atoms with E-state index in [0.29, 0.717) is 13.0 Å². The van der Waals surface area contributed by atoms with Gasteiger partial charge in [-0.25, -0.2) is 9.59 Å². The van der Waals surface area contributed by atoms with Crippen LogP contribution >= 0.6 is 0 Å². The molecule has 1 heterocycles. The second-order valence-electron chi connectivity index (χ2n) is 11.1. The maximum absolute atomic E-state index is 13.0. The molecule has 0 aromatic heterocycles. The highest BCUT2D eigenvalue weighted by molar-refractivity contribution is 5.85. The first-order valence-corrected chi connectivity index (χ1v) is 12.1. The van der Waals surface area contributed by atoms with E-state index in [1.165, 1.54) is 16.0 Å². The van der Waals surface area contributed by atoms with Crippen LogP contribution in [-0.4, -0.2) is 53.7 Å². The molecule has 186 valence electrons. The number of fused-ring (bicyclic) bond motifs is 3. The second-order valence-corrected chi connectivity index (χ2v) is 11.1. The van der Waals surface area contributed by atoms with E-state index in [0.717, 1.165) is 11.1 Å². The maximum atomic E-state index is 13.0. The molecule has 7 heteroatoms. The van der Waals surface area contributed by atoms with Crippen molar-refractivity contribution in [1.29, 1.82) is 0 Å². The molecule has 1 saturated heterocycles. The van der Waals surface area contributed by atoms with Crippen LogP contribution in [0.5, 0.6) is 0 Å². The van der Waals surface area contributed by atoms with Gasteiger partial charge in [-0.05, 0) is 39.5 Å². The summed E-state index contributed by atoms with van der Waals surface area (Å²) in [6.45, 7) is 8.41. The molecule has 35 heavy (non-hydrogen) atoms. The number of hydrogen-bond donors (Lipinski definition) is 2. The van der Waals surface area contributed by atoms with Crippen molar-refractivity contribution in [2.24, 2.45) is 10.8 Å². The third kappa shape index (κ3) is 5.04. The van der Waals surface area contributed by atoms with Crippen LogP contribution in [0.4, 0.5) is 4.79 Å². The van der Waals surface area contributed by atoms with Crippen LogP contribution in [0.15, 0.2) is 48.5 Å². The Hall–Kier alpha value is -3.35. The van der Waals surface area contributed by atoms with E-state index in [1.807, 2.05) is 52.0 Å². The van der Waals surface area contributed by atoms with Gasteiger partial charge in [0.05, 0.1) is 0 Å². The summed E-state index contributed by atoms with van der Waals surface area (Å²) in [6.07, 6.45) is 0.253. The summed E-state index contributed by atoms with van der Waals surface area (Å²) in [5.41, 5.74) is 3.61. The number of nitrogens with zero attached hydrogens (tertiary/aromatic N) is 1. The van der Waals surface area contributed by atoms with Crippen molar-refractivity contribution in [2.45, 2.75) is 52.5 Å². The molecule has 2 aromatic carbocycles. The summed E-state index contributed by atoms with van der Waals surface area (Å²) < 4.78 is 5.59. The average molecular weight is 479 g/mol. The summed E-state index contributed by atoms with van der Waals surface area (Å²) in [6, 6.07) is 15.5. The molecule has 0 bridgehead atoms. The Kier molecular flexibility index (Phi) is 6.62. The van der Waals surface area contributed by atoms with Gasteiger partial charge < -0.3 is 20.1 Å². The number of rotatable bonds is 7. The molecule has 1 aliphatic heterocycles. The van der Waals surface area contributed by atoms with Crippen LogP contribution in [-0.2, 0) is 14.3 Å². The van der Waals surface area contributed by atoms with Crippen LogP contribution in [0.2, 0.25) is 0 Å². The molecule has 2 aliphatic rings. The smallest absolute Gasteiger partial charge is 0.407 e. The third-order valence-electron chi connectivity index (χ3n) is 7.29. The topological polar surface area (TPSA) is 95.9 Å². The van der Waals surface area contributed by atoms with Gasteiger partial charge in [0.2, 0.25) is 5.91 Å². The number of carbonyl (C=O) groups excluding carboxylic acids is 2. The molecule has 7 nitrogen and oxygen atoms in total. The fourth-order valence-electron chi connectivity index (χ4n) is 5.37. The lowest BCUT2D eigenvalue weighted by atomic mass is 9.84. The van der Waals surface area contributed by atoms with E-state index in [2.05, 4.69) is 29.6 Å². The van der Waals surface area contributed by atoms with Crippen LogP contribution in [0.3, 0.4) is 0 Å². The number of benzene rings is 2. The minimum Gasteiger partial charge on any atom is -0.480 e. The van der Waals surface area contributed by atoms with Gasteiger partial charge in [-0.2, -0.15) is 0 Å². The quantitative estimate of drug-likeness (QED) is 0.604. The zero-order valence-corrected chi connectivity index (χ0v) is 20.8. The summed E-state index contributed by atoms with van der Waals surface area (Å²) in [5, 5.41) is 12.4. The molecule has 2 N–H and O–H groups in total. The first-order chi connectivity index (χ1) is 16.5. The van der Waals surface area contributed by atoms with Gasteiger partial charge >= 0.3 is 12.1 Å². The summed E-state index contributed by atoms with van der Waals surface area (Å²) in [5.74, 6) is -1.20. The van der Waals surface area contributed by atoms with Crippen LogP contribution < -0.4 is 5.32 Å². The van der Waals surface area contributed by atoms with E-state index in [-0.39, 0.29) is 31.4 Å². The van der Waals surface area contributed by atoms with Crippen molar-refractivity contribution in [3.05, 3.63) is 59.7 Å². The Morgan fingerprint density at radius 3 is 2.20 bits per heavy atom.